The Kier molecular flexibility index (Phi) is 6.96. The molecule has 0 aromatic rings. The van der Waals surface area contributed by atoms with Crippen LogP contribution in [-0.4, -0.2) is 31.0 Å². The molecule has 6 nitrogen and oxygen atoms in total. The zero-order valence-electron chi connectivity index (χ0n) is 9.20. The molecule has 0 atom stereocenters. The fourth-order valence-electron chi connectivity index (χ4n) is 0.760. The van der Waals surface area contributed by atoms with Crippen molar-refractivity contribution in [1.29, 1.82) is 0 Å². The monoisotopic (exact) mass is 216 g/mol. The van der Waals surface area contributed by atoms with Crippen molar-refractivity contribution in [3.8, 4) is 0 Å². The lowest BCUT2D eigenvalue weighted by Gasteiger charge is -2.04. The highest BCUT2D eigenvalue weighted by atomic mass is 16.6. The van der Waals surface area contributed by atoms with Crippen LogP contribution in [0.4, 0.5) is 4.79 Å². The normalized spacial score (nSPS) is 10.7. The van der Waals surface area contributed by atoms with Crippen molar-refractivity contribution in [2.75, 3.05) is 13.2 Å². The van der Waals surface area contributed by atoms with Crippen LogP contribution in [-0.2, 0) is 14.3 Å². The number of nitrogens with zero attached hydrogens (tertiary/aromatic N) is 1. The number of ether oxygens (including phenoxy) is 2. The molecular weight excluding hydrogens is 200 g/mol. The van der Waals surface area contributed by atoms with Gasteiger partial charge in [0.2, 0.25) is 0 Å². The molecule has 0 unspecified atom stereocenters. The van der Waals surface area contributed by atoms with E-state index in [0.29, 0.717) is 6.42 Å². The number of carbonyl (C=O) groups is 2. The Bertz CT molecular complexity index is 250. The highest BCUT2D eigenvalue weighted by molar-refractivity contribution is 6.36. The van der Waals surface area contributed by atoms with Crippen LogP contribution in [0.3, 0.4) is 0 Å². The van der Waals surface area contributed by atoms with E-state index in [9.17, 15) is 9.59 Å². The predicted molar refractivity (Wildman–Crippen MR) is 54.5 cm³/mol. The lowest BCUT2D eigenvalue weighted by atomic mass is 10.3. The number of hydrogen-bond acceptors (Lipinski definition) is 5. The minimum atomic E-state index is -0.687. The molecule has 1 amide bonds. The Morgan fingerprint density at radius 3 is 2.20 bits per heavy atom. The molecule has 0 rings (SSSR count). The minimum absolute atomic E-state index is 0.157. The molecule has 0 radical (unpaired) electrons. The van der Waals surface area contributed by atoms with Crippen molar-refractivity contribution in [1.82, 2.24) is 5.43 Å². The van der Waals surface area contributed by atoms with Gasteiger partial charge < -0.3 is 9.47 Å². The zero-order valence-corrected chi connectivity index (χ0v) is 9.20. The van der Waals surface area contributed by atoms with Crippen LogP contribution >= 0.6 is 0 Å². The summed E-state index contributed by atoms with van der Waals surface area (Å²) in [7, 11) is 0. The second-order valence-electron chi connectivity index (χ2n) is 2.46. The summed E-state index contributed by atoms with van der Waals surface area (Å²) in [6, 6.07) is 0. The van der Waals surface area contributed by atoms with Crippen molar-refractivity contribution >= 4 is 17.8 Å². The quantitative estimate of drug-likeness (QED) is 0.423. The molecule has 0 aromatic heterocycles. The fraction of sp³-hybridized carbons (Fsp3) is 0.667. The van der Waals surface area contributed by atoms with Crippen molar-refractivity contribution in [3.63, 3.8) is 0 Å². The van der Waals surface area contributed by atoms with Crippen LogP contribution in [0.15, 0.2) is 5.10 Å². The first-order valence-corrected chi connectivity index (χ1v) is 4.82. The summed E-state index contributed by atoms with van der Waals surface area (Å²) in [4.78, 5) is 22.1. The van der Waals surface area contributed by atoms with Gasteiger partial charge in [0.05, 0.1) is 13.2 Å². The summed E-state index contributed by atoms with van der Waals surface area (Å²) in [6.45, 7) is 5.64. The molecule has 0 aliphatic heterocycles. The number of hydrogen-bond donors (Lipinski definition) is 1. The van der Waals surface area contributed by atoms with Crippen LogP contribution < -0.4 is 5.43 Å². The Labute approximate surface area is 88.6 Å². The maximum absolute atomic E-state index is 11.2. The number of esters is 1. The number of hydrazone groups is 1. The summed E-state index contributed by atoms with van der Waals surface area (Å²) in [5.74, 6) is -0.531. The average molecular weight is 216 g/mol. The molecule has 0 bridgehead atoms. The third kappa shape index (κ3) is 5.66. The van der Waals surface area contributed by atoms with E-state index in [1.165, 1.54) is 0 Å². The van der Waals surface area contributed by atoms with Crippen LogP contribution in [0.5, 0.6) is 0 Å². The van der Waals surface area contributed by atoms with Gasteiger partial charge in [0.15, 0.2) is 0 Å². The summed E-state index contributed by atoms with van der Waals surface area (Å²) < 4.78 is 9.29. The minimum Gasteiger partial charge on any atom is -0.461 e. The summed E-state index contributed by atoms with van der Waals surface area (Å²) in [5.41, 5.74) is 2.26. The largest absolute Gasteiger partial charge is 0.461 e. The highest BCUT2D eigenvalue weighted by Crippen LogP contribution is 1.90. The van der Waals surface area contributed by atoms with Gasteiger partial charge in [0.1, 0.15) is 5.71 Å². The average Bonchev–Trinajstić information content (AvgIpc) is 2.19. The molecule has 1 N–H and O–H groups in total. The molecule has 0 aliphatic carbocycles. The van der Waals surface area contributed by atoms with Crippen molar-refractivity contribution in [2.24, 2.45) is 5.10 Å². The van der Waals surface area contributed by atoms with Gasteiger partial charge in [-0.3, -0.25) is 0 Å². The van der Waals surface area contributed by atoms with Crippen LogP contribution in [0.25, 0.3) is 0 Å². The lowest BCUT2D eigenvalue weighted by molar-refractivity contribution is -0.135. The van der Waals surface area contributed by atoms with Crippen molar-refractivity contribution < 1.29 is 19.1 Å². The maximum Gasteiger partial charge on any atom is 0.427 e. The molecule has 0 aromatic carbocycles. The van der Waals surface area contributed by atoms with Crippen molar-refractivity contribution in [2.45, 2.75) is 27.2 Å². The van der Waals surface area contributed by atoms with E-state index in [2.05, 4.69) is 15.3 Å². The van der Waals surface area contributed by atoms with Crippen LogP contribution in [0.2, 0.25) is 0 Å². The van der Waals surface area contributed by atoms with E-state index in [0.717, 1.165) is 0 Å². The van der Waals surface area contributed by atoms with E-state index in [1.54, 1.807) is 20.8 Å². The summed E-state index contributed by atoms with van der Waals surface area (Å²) in [6.07, 6.45) is -0.307. The molecule has 0 heterocycles. The van der Waals surface area contributed by atoms with Gasteiger partial charge in [-0.2, -0.15) is 5.10 Å². The van der Waals surface area contributed by atoms with Crippen LogP contribution in [0, 0.1) is 0 Å². The van der Waals surface area contributed by atoms with Crippen molar-refractivity contribution in [3.05, 3.63) is 0 Å². The van der Waals surface area contributed by atoms with Gasteiger partial charge in [-0.15, -0.1) is 0 Å². The van der Waals surface area contributed by atoms with Crippen LogP contribution in [0.1, 0.15) is 27.2 Å². The lowest BCUT2D eigenvalue weighted by Crippen LogP contribution is -2.25. The molecule has 15 heavy (non-hydrogen) atoms. The first-order valence-electron chi connectivity index (χ1n) is 4.82. The van der Waals surface area contributed by atoms with Gasteiger partial charge in [-0.1, -0.05) is 6.92 Å². The molecule has 0 fully saturated rings. The molecule has 86 valence electrons. The van der Waals surface area contributed by atoms with Gasteiger partial charge in [0.25, 0.3) is 0 Å². The van der Waals surface area contributed by atoms with E-state index in [4.69, 9.17) is 4.74 Å². The summed E-state index contributed by atoms with van der Waals surface area (Å²) >= 11 is 0. The van der Waals surface area contributed by atoms with E-state index in [-0.39, 0.29) is 18.9 Å². The number of amides is 1. The number of rotatable bonds is 5. The van der Waals surface area contributed by atoms with E-state index >= 15 is 0 Å². The van der Waals surface area contributed by atoms with Gasteiger partial charge >= 0.3 is 12.1 Å². The third-order valence-electron chi connectivity index (χ3n) is 1.40. The predicted octanol–water partition coefficient (Wildman–Crippen LogP) is 1.06. The molecule has 0 saturated carbocycles. The zero-order chi connectivity index (χ0) is 11.7. The molecular formula is C9H16N2O4. The number of nitrogens with one attached hydrogen (secondary N) is 1. The topological polar surface area (TPSA) is 77.0 Å². The molecule has 6 heteroatoms. The Morgan fingerprint density at radius 2 is 1.73 bits per heavy atom. The standard InChI is InChI=1S/C9H16N2O4/c1-4-7(8(12)14-5-2)10-11-9(13)15-6-3/h4-6H2,1-3H3,(H,11,13)/b10-7-. The first-order chi connectivity index (χ1) is 7.15. The SMILES string of the molecule is CCOC(=O)N/N=C(/CC)C(=O)OCC. The maximum atomic E-state index is 11.2. The smallest absolute Gasteiger partial charge is 0.427 e. The molecule has 0 aliphatic rings. The number of carbonyl (C=O) groups excluding carboxylic acids is 2. The Balaban J connectivity index is 4.21. The Morgan fingerprint density at radius 1 is 1.13 bits per heavy atom. The highest BCUT2D eigenvalue weighted by Gasteiger charge is 2.10. The Hall–Kier alpha value is -1.59. The second kappa shape index (κ2) is 7.78. The first kappa shape index (κ1) is 13.4. The van der Waals surface area contributed by atoms with E-state index < -0.39 is 12.1 Å². The van der Waals surface area contributed by atoms with Gasteiger partial charge in [-0.25, -0.2) is 15.0 Å². The second-order valence-corrected chi connectivity index (χ2v) is 2.46. The molecule has 0 spiro atoms. The third-order valence-corrected chi connectivity index (χ3v) is 1.40. The summed E-state index contributed by atoms with van der Waals surface area (Å²) in [5, 5.41) is 3.60. The van der Waals surface area contributed by atoms with Gasteiger partial charge in [0, 0.05) is 0 Å². The molecule has 0 saturated heterocycles. The van der Waals surface area contributed by atoms with E-state index in [1.807, 2.05) is 0 Å². The fourth-order valence-corrected chi connectivity index (χ4v) is 0.760. The van der Waals surface area contributed by atoms with Gasteiger partial charge in [-0.05, 0) is 20.3 Å².